The molecule has 0 radical (unpaired) electrons. The Kier molecular flexibility index (Phi) is 2.76. The third-order valence-electron chi connectivity index (χ3n) is 2.01. The molecule has 0 bridgehead atoms. The quantitative estimate of drug-likeness (QED) is 0.754. The van der Waals surface area contributed by atoms with Crippen molar-refractivity contribution in [3.8, 4) is 0 Å². The minimum atomic E-state index is -0.270. The van der Waals surface area contributed by atoms with Crippen molar-refractivity contribution in [3.05, 3.63) is 16.6 Å². The van der Waals surface area contributed by atoms with Crippen molar-refractivity contribution in [1.82, 2.24) is 15.8 Å². The van der Waals surface area contributed by atoms with Gasteiger partial charge in [0.15, 0.2) is 0 Å². The van der Waals surface area contributed by atoms with Gasteiger partial charge in [0.1, 0.15) is 11.0 Å². The molecule has 0 saturated carbocycles. The fraction of sp³-hybridized carbons (Fsp3) is 0.500. The van der Waals surface area contributed by atoms with E-state index in [-0.39, 0.29) is 18.0 Å². The Bertz CT molecular complexity index is 314. The molecule has 1 aromatic rings. The van der Waals surface area contributed by atoms with Crippen molar-refractivity contribution in [2.24, 2.45) is 0 Å². The van der Waals surface area contributed by atoms with Crippen molar-refractivity contribution in [1.29, 1.82) is 0 Å². The van der Waals surface area contributed by atoms with Crippen LogP contribution in [0.5, 0.6) is 0 Å². The molecule has 2 unspecified atom stereocenters. The summed E-state index contributed by atoms with van der Waals surface area (Å²) in [5, 5.41) is 6.03. The lowest BCUT2D eigenvalue weighted by molar-refractivity contribution is -0.125. The first-order valence-electron chi connectivity index (χ1n) is 4.34. The van der Waals surface area contributed by atoms with Crippen molar-refractivity contribution >= 4 is 17.2 Å². The molecule has 2 heterocycles. The normalized spacial score (nSPS) is 23.5. The molecular formula is C8H11N3O2S. The Morgan fingerprint density at radius 2 is 2.71 bits per heavy atom. The van der Waals surface area contributed by atoms with E-state index >= 15 is 0 Å². The van der Waals surface area contributed by atoms with Crippen LogP contribution >= 0.6 is 11.3 Å². The Morgan fingerprint density at radius 1 is 1.86 bits per heavy atom. The molecule has 1 amide bonds. The van der Waals surface area contributed by atoms with E-state index in [4.69, 9.17) is 4.84 Å². The molecule has 0 spiro atoms. The minimum Gasteiger partial charge on any atom is -0.295 e. The maximum atomic E-state index is 11.2. The molecule has 1 saturated heterocycles. The summed E-state index contributed by atoms with van der Waals surface area (Å²) in [7, 11) is 0. The van der Waals surface area contributed by atoms with E-state index in [0.29, 0.717) is 6.61 Å². The number of hydroxylamine groups is 1. The molecule has 2 N–H and O–H groups in total. The maximum absolute atomic E-state index is 11.2. The summed E-state index contributed by atoms with van der Waals surface area (Å²) < 4.78 is 0. The highest BCUT2D eigenvalue weighted by molar-refractivity contribution is 7.09. The van der Waals surface area contributed by atoms with Crippen molar-refractivity contribution < 1.29 is 9.63 Å². The van der Waals surface area contributed by atoms with Crippen LogP contribution in [-0.2, 0) is 9.63 Å². The van der Waals surface area contributed by atoms with Gasteiger partial charge < -0.3 is 0 Å². The highest BCUT2D eigenvalue weighted by atomic mass is 32.1. The van der Waals surface area contributed by atoms with Crippen molar-refractivity contribution in [2.45, 2.75) is 19.0 Å². The van der Waals surface area contributed by atoms with Crippen LogP contribution in [0.25, 0.3) is 0 Å². The highest BCUT2D eigenvalue weighted by Gasteiger charge is 2.27. The van der Waals surface area contributed by atoms with Gasteiger partial charge in [-0.15, -0.1) is 11.3 Å². The zero-order valence-electron chi connectivity index (χ0n) is 7.69. The van der Waals surface area contributed by atoms with Crippen LogP contribution in [0.2, 0.25) is 0 Å². The van der Waals surface area contributed by atoms with E-state index in [9.17, 15) is 4.79 Å². The molecule has 14 heavy (non-hydrogen) atoms. The van der Waals surface area contributed by atoms with Crippen molar-refractivity contribution in [2.75, 3.05) is 6.61 Å². The van der Waals surface area contributed by atoms with Gasteiger partial charge in [0.25, 0.3) is 5.91 Å². The largest absolute Gasteiger partial charge is 0.295 e. The fourth-order valence-corrected chi connectivity index (χ4v) is 1.94. The van der Waals surface area contributed by atoms with E-state index in [1.54, 1.807) is 17.5 Å². The number of nitrogens with zero attached hydrogens (tertiary/aromatic N) is 1. The lowest BCUT2D eigenvalue weighted by atomic mass is 10.2. The summed E-state index contributed by atoms with van der Waals surface area (Å²) in [5.74, 6) is -0.117. The molecule has 76 valence electrons. The summed E-state index contributed by atoms with van der Waals surface area (Å²) in [5.41, 5.74) is 2.30. The molecule has 6 heteroatoms. The second-order valence-corrected chi connectivity index (χ2v) is 4.01. The van der Waals surface area contributed by atoms with E-state index in [1.807, 2.05) is 12.3 Å². The molecule has 2 rings (SSSR count). The topological polar surface area (TPSA) is 63.2 Å². The van der Waals surface area contributed by atoms with Gasteiger partial charge in [0, 0.05) is 11.6 Å². The van der Waals surface area contributed by atoms with Crippen LogP contribution in [-0.4, -0.2) is 23.5 Å². The first kappa shape index (κ1) is 9.57. The highest BCUT2D eigenvalue weighted by Crippen LogP contribution is 2.15. The number of hydrogen-bond donors (Lipinski definition) is 2. The molecule has 1 aliphatic heterocycles. The fourth-order valence-electron chi connectivity index (χ4n) is 1.29. The summed E-state index contributed by atoms with van der Waals surface area (Å²) >= 11 is 1.57. The zero-order valence-corrected chi connectivity index (χ0v) is 8.50. The van der Waals surface area contributed by atoms with E-state index < -0.39 is 0 Å². The van der Waals surface area contributed by atoms with Gasteiger partial charge in [-0.3, -0.25) is 14.9 Å². The van der Waals surface area contributed by atoms with Gasteiger partial charge in [-0.1, -0.05) is 0 Å². The van der Waals surface area contributed by atoms with Crippen LogP contribution in [0, 0.1) is 0 Å². The van der Waals surface area contributed by atoms with Crippen molar-refractivity contribution in [3.63, 3.8) is 0 Å². The number of carbonyl (C=O) groups excluding carboxylic acids is 1. The third-order valence-corrected chi connectivity index (χ3v) is 2.97. The smallest absolute Gasteiger partial charge is 0.263 e. The van der Waals surface area contributed by atoms with E-state index in [0.717, 1.165) is 5.01 Å². The SMILES string of the molecule is CC(NC1CONC1=O)c1nccs1. The van der Waals surface area contributed by atoms with Gasteiger partial charge in [0.05, 0.1) is 12.6 Å². The summed E-state index contributed by atoms with van der Waals surface area (Å²) in [6.45, 7) is 2.35. The predicted octanol–water partition coefficient (Wildman–Crippen LogP) is 0.224. The number of hydrogen-bond acceptors (Lipinski definition) is 5. The Morgan fingerprint density at radius 3 is 3.29 bits per heavy atom. The number of nitrogens with one attached hydrogen (secondary N) is 2. The monoisotopic (exact) mass is 213 g/mol. The molecule has 1 aromatic heterocycles. The van der Waals surface area contributed by atoms with Gasteiger partial charge >= 0.3 is 0 Å². The summed E-state index contributed by atoms with van der Waals surface area (Å²) in [6.07, 6.45) is 1.75. The molecule has 5 nitrogen and oxygen atoms in total. The molecule has 2 atom stereocenters. The van der Waals surface area contributed by atoms with Crippen LogP contribution in [0.15, 0.2) is 11.6 Å². The van der Waals surface area contributed by atoms with Gasteiger partial charge in [-0.25, -0.2) is 10.5 Å². The number of rotatable bonds is 3. The lowest BCUT2D eigenvalue weighted by Gasteiger charge is -2.13. The average molecular weight is 213 g/mol. The summed E-state index contributed by atoms with van der Waals surface area (Å²) in [4.78, 5) is 20.1. The minimum absolute atomic E-state index is 0.0763. The van der Waals surface area contributed by atoms with Gasteiger partial charge in [-0.05, 0) is 6.92 Å². The number of aromatic nitrogens is 1. The summed E-state index contributed by atoms with van der Waals surface area (Å²) in [6, 6.07) is -0.193. The standard InChI is InChI=1S/C8H11N3O2S/c1-5(8-9-2-3-14-8)10-6-4-13-11-7(6)12/h2-3,5-6,10H,4H2,1H3,(H,11,12). The maximum Gasteiger partial charge on any atom is 0.263 e. The van der Waals surface area contributed by atoms with Crippen LogP contribution < -0.4 is 10.8 Å². The van der Waals surface area contributed by atoms with Gasteiger partial charge in [0.2, 0.25) is 0 Å². The zero-order chi connectivity index (χ0) is 9.97. The Hall–Kier alpha value is -0.980. The Balaban J connectivity index is 1.94. The molecule has 0 aromatic carbocycles. The van der Waals surface area contributed by atoms with Crippen LogP contribution in [0.1, 0.15) is 18.0 Å². The third kappa shape index (κ3) is 1.92. The molecule has 0 aliphatic carbocycles. The van der Waals surface area contributed by atoms with Crippen LogP contribution in [0.3, 0.4) is 0 Å². The molecular weight excluding hydrogens is 202 g/mol. The number of thiazole rings is 1. The number of carbonyl (C=O) groups is 1. The average Bonchev–Trinajstić information content (AvgIpc) is 2.77. The first-order chi connectivity index (χ1) is 6.77. The Labute approximate surface area is 85.4 Å². The second-order valence-electron chi connectivity index (χ2n) is 3.09. The number of amides is 1. The second kappa shape index (κ2) is 4.04. The van der Waals surface area contributed by atoms with Crippen LogP contribution in [0.4, 0.5) is 0 Å². The van der Waals surface area contributed by atoms with E-state index in [2.05, 4.69) is 15.8 Å². The van der Waals surface area contributed by atoms with E-state index in [1.165, 1.54) is 0 Å². The lowest BCUT2D eigenvalue weighted by Crippen LogP contribution is -2.39. The first-order valence-corrected chi connectivity index (χ1v) is 5.22. The molecule has 1 fully saturated rings. The predicted molar refractivity (Wildman–Crippen MR) is 51.5 cm³/mol. The molecule has 1 aliphatic rings. The van der Waals surface area contributed by atoms with Gasteiger partial charge in [-0.2, -0.15) is 0 Å².